The van der Waals surface area contributed by atoms with E-state index in [1.165, 1.54) is 12.1 Å². The maximum absolute atomic E-state index is 12.2. The van der Waals surface area contributed by atoms with Crippen LogP contribution >= 0.6 is 23.2 Å². The number of benzene rings is 2. The van der Waals surface area contributed by atoms with Crippen LogP contribution in [0.25, 0.3) is 0 Å². The number of hydrogen-bond acceptors (Lipinski definition) is 5. The minimum atomic E-state index is -3.40. The van der Waals surface area contributed by atoms with E-state index >= 15 is 0 Å². The molecule has 0 saturated carbocycles. The molecule has 2 aromatic carbocycles. The predicted octanol–water partition coefficient (Wildman–Crippen LogP) is 3.94. The molecule has 0 aromatic heterocycles. The molecule has 0 atom stereocenters. The Morgan fingerprint density at radius 1 is 1.08 bits per heavy atom. The van der Waals surface area contributed by atoms with Crippen LogP contribution in [0.4, 0.5) is 0 Å². The number of sulfone groups is 1. The Kier molecular flexibility index (Phi) is 6.32. The highest BCUT2D eigenvalue weighted by molar-refractivity contribution is 7.90. The van der Waals surface area contributed by atoms with Crippen molar-refractivity contribution in [3.05, 3.63) is 57.6 Å². The molecule has 2 aromatic rings. The first-order valence-corrected chi connectivity index (χ1v) is 9.89. The molecule has 0 N–H and O–H groups in total. The van der Waals surface area contributed by atoms with Crippen molar-refractivity contribution in [2.75, 3.05) is 19.5 Å². The summed E-state index contributed by atoms with van der Waals surface area (Å²) in [6.45, 7) is 1.78. The molecule has 0 fully saturated rings. The van der Waals surface area contributed by atoms with Gasteiger partial charge < -0.3 is 9.47 Å². The Morgan fingerprint density at radius 2 is 1.80 bits per heavy atom. The van der Waals surface area contributed by atoms with Crippen molar-refractivity contribution in [3.63, 3.8) is 0 Å². The highest BCUT2D eigenvalue weighted by Crippen LogP contribution is 2.27. The molecule has 2 rings (SSSR count). The summed E-state index contributed by atoms with van der Waals surface area (Å²) in [6.07, 6.45) is 1.08. The van der Waals surface area contributed by atoms with E-state index in [9.17, 15) is 13.2 Å². The van der Waals surface area contributed by atoms with E-state index in [-0.39, 0.29) is 23.7 Å². The molecule has 0 spiro atoms. The molecule has 5 nitrogen and oxygen atoms in total. The first-order valence-electron chi connectivity index (χ1n) is 7.24. The molecule has 0 radical (unpaired) electrons. The Balaban J connectivity index is 1.96. The SMILES string of the molecule is Cc1ccc(S(C)(=O)=O)cc1C(=O)OCCOc1ccc(Cl)cc1Cl. The quantitative estimate of drug-likeness (QED) is 0.540. The molecule has 0 aliphatic carbocycles. The zero-order valence-corrected chi connectivity index (χ0v) is 15.9. The van der Waals surface area contributed by atoms with Gasteiger partial charge in [-0.3, -0.25) is 0 Å². The van der Waals surface area contributed by atoms with Crippen molar-refractivity contribution < 1.29 is 22.7 Å². The molecule has 0 aliphatic heterocycles. The van der Waals surface area contributed by atoms with Gasteiger partial charge in [0.05, 0.1) is 15.5 Å². The largest absolute Gasteiger partial charge is 0.488 e. The Hall–Kier alpha value is -1.76. The maximum atomic E-state index is 12.2. The van der Waals surface area contributed by atoms with Crippen LogP contribution in [0.1, 0.15) is 15.9 Å². The van der Waals surface area contributed by atoms with E-state index in [2.05, 4.69) is 0 Å². The van der Waals surface area contributed by atoms with Crippen LogP contribution in [0.5, 0.6) is 5.75 Å². The fourth-order valence-corrected chi connectivity index (χ4v) is 3.12. The number of esters is 1. The summed E-state index contributed by atoms with van der Waals surface area (Å²) in [7, 11) is -3.40. The highest BCUT2D eigenvalue weighted by Gasteiger charge is 2.15. The monoisotopic (exact) mass is 402 g/mol. The molecule has 8 heteroatoms. The van der Waals surface area contributed by atoms with Gasteiger partial charge in [-0.2, -0.15) is 0 Å². The first kappa shape index (κ1) is 19.6. The van der Waals surface area contributed by atoms with Crippen LogP contribution in [0.15, 0.2) is 41.3 Å². The van der Waals surface area contributed by atoms with Gasteiger partial charge in [-0.05, 0) is 42.8 Å². The summed E-state index contributed by atoms with van der Waals surface area (Å²) < 4.78 is 33.8. The van der Waals surface area contributed by atoms with Gasteiger partial charge in [0, 0.05) is 11.3 Å². The van der Waals surface area contributed by atoms with Crippen LogP contribution < -0.4 is 4.74 Å². The Bertz CT molecular complexity index is 894. The van der Waals surface area contributed by atoms with Crippen molar-refractivity contribution in [1.82, 2.24) is 0 Å². The van der Waals surface area contributed by atoms with Gasteiger partial charge in [-0.15, -0.1) is 0 Å². The number of carbonyl (C=O) groups is 1. The summed E-state index contributed by atoms with van der Waals surface area (Å²) in [5.74, 6) is -0.189. The lowest BCUT2D eigenvalue weighted by atomic mass is 10.1. The molecule has 0 bridgehead atoms. The number of carbonyl (C=O) groups excluding carboxylic acids is 1. The first-order chi connectivity index (χ1) is 11.7. The fourth-order valence-electron chi connectivity index (χ4n) is 2.01. The topological polar surface area (TPSA) is 69.7 Å². The minimum Gasteiger partial charge on any atom is -0.488 e. The number of halogens is 2. The Labute approximate surface area is 156 Å². The third kappa shape index (κ3) is 5.36. The zero-order chi connectivity index (χ0) is 18.6. The van der Waals surface area contributed by atoms with Gasteiger partial charge in [-0.1, -0.05) is 29.3 Å². The van der Waals surface area contributed by atoms with Crippen LogP contribution in [0.3, 0.4) is 0 Å². The predicted molar refractivity (Wildman–Crippen MR) is 96.5 cm³/mol. The van der Waals surface area contributed by atoms with Crippen molar-refractivity contribution in [2.45, 2.75) is 11.8 Å². The summed E-state index contributed by atoms with van der Waals surface area (Å²) in [4.78, 5) is 12.2. The third-order valence-electron chi connectivity index (χ3n) is 3.33. The molecule has 25 heavy (non-hydrogen) atoms. The molecule has 0 saturated heterocycles. The zero-order valence-electron chi connectivity index (χ0n) is 13.6. The van der Waals surface area contributed by atoms with Crippen molar-refractivity contribution in [2.24, 2.45) is 0 Å². The third-order valence-corrected chi connectivity index (χ3v) is 4.97. The second-order valence-corrected chi connectivity index (χ2v) is 8.17. The lowest BCUT2D eigenvalue weighted by molar-refractivity contribution is 0.0449. The second-order valence-electron chi connectivity index (χ2n) is 5.31. The van der Waals surface area contributed by atoms with Gasteiger partial charge in [0.15, 0.2) is 9.84 Å². The molecule has 0 heterocycles. The standard InChI is InChI=1S/C17H16Cl2O5S/c1-11-3-5-13(25(2,21)22)10-14(11)17(20)24-8-7-23-16-6-4-12(18)9-15(16)19/h3-6,9-10H,7-8H2,1-2H3. The summed E-state index contributed by atoms with van der Waals surface area (Å²) in [6, 6.07) is 9.12. The smallest absolute Gasteiger partial charge is 0.338 e. The molecule has 0 amide bonds. The van der Waals surface area contributed by atoms with E-state index in [0.29, 0.717) is 21.4 Å². The van der Waals surface area contributed by atoms with E-state index in [1.54, 1.807) is 31.2 Å². The van der Waals surface area contributed by atoms with Crippen LogP contribution in [-0.4, -0.2) is 33.9 Å². The van der Waals surface area contributed by atoms with E-state index < -0.39 is 15.8 Å². The van der Waals surface area contributed by atoms with Gasteiger partial charge in [0.25, 0.3) is 0 Å². The lowest BCUT2D eigenvalue weighted by Gasteiger charge is -2.10. The average molecular weight is 403 g/mol. The summed E-state index contributed by atoms with van der Waals surface area (Å²) in [5.41, 5.74) is 0.825. The van der Waals surface area contributed by atoms with Gasteiger partial charge in [0.2, 0.25) is 0 Å². The van der Waals surface area contributed by atoms with Gasteiger partial charge in [0.1, 0.15) is 19.0 Å². The van der Waals surface area contributed by atoms with E-state index in [0.717, 1.165) is 6.26 Å². The van der Waals surface area contributed by atoms with Crippen molar-refractivity contribution >= 4 is 39.0 Å². The minimum absolute atomic E-state index is 0.0136. The molecule has 0 aliphatic rings. The van der Waals surface area contributed by atoms with E-state index in [1.807, 2.05) is 0 Å². The normalized spacial score (nSPS) is 11.2. The molecular weight excluding hydrogens is 387 g/mol. The average Bonchev–Trinajstić information content (AvgIpc) is 2.52. The fraction of sp³-hybridized carbons (Fsp3) is 0.235. The number of hydrogen-bond donors (Lipinski definition) is 0. The Morgan fingerprint density at radius 3 is 2.44 bits per heavy atom. The molecule has 134 valence electrons. The van der Waals surface area contributed by atoms with Crippen molar-refractivity contribution in [1.29, 1.82) is 0 Å². The second kappa shape index (κ2) is 8.08. The summed E-state index contributed by atoms with van der Waals surface area (Å²) in [5, 5.41) is 0.848. The number of rotatable bonds is 6. The highest BCUT2D eigenvalue weighted by atomic mass is 35.5. The molecular formula is C17H16Cl2O5S. The van der Waals surface area contributed by atoms with Gasteiger partial charge in [-0.25, -0.2) is 13.2 Å². The van der Waals surface area contributed by atoms with Gasteiger partial charge >= 0.3 is 5.97 Å². The van der Waals surface area contributed by atoms with Crippen molar-refractivity contribution in [3.8, 4) is 5.75 Å². The number of ether oxygens (including phenoxy) is 2. The van der Waals surface area contributed by atoms with Crippen LogP contribution in [0, 0.1) is 6.92 Å². The number of aryl methyl sites for hydroxylation is 1. The van der Waals surface area contributed by atoms with E-state index in [4.69, 9.17) is 32.7 Å². The maximum Gasteiger partial charge on any atom is 0.338 e. The van der Waals surface area contributed by atoms with Crippen LogP contribution in [-0.2, 0) is 14.6 Å². The summed E-state index contributed by atoms with van der Waals surface area (Å²) >= 11 is 11.8. The van der Waals surface area contributed by atoms with Crippen LogP contribution in [0.2, 0.25) is 10.0 Å². The lowest BCUT2D eigenvalue weighted by Crippen LogP contribution is -2.14. The molecule has 0 unspecified atom stereocenters.